The van der Waals surface area contributed by atoms with Gasteiger partial charge in [0.15, 0.2) is 0 Å². The van der Waals surface area contributed by atoms with Crippen LogP contribution >= 0.6 is 11.6 Å². The van der Waals surface area contributed by atoms with Gasteiger partial charge in [0.2, 0.25) is 0 Å². The number of rotatable bonds is 6. The smallest absolute Gasteiger partial charge is 0.0948 e. The molecule has 2 N–H and O–H groups in total. The molecule has 0 saturated carbocycles. The van der Waals surface area contributed by atoms with Gasteiger partial charge in [-0.05, 0) is 38.5 Å². The van der Waals surface area contributed by atoms with Crippen molar-refractivity contribution < 1.29 is 9.47 Å². The Morgan fingerprint density at radius 3 is 2.56 bits per heavy atom. The van der Waals surface area contributed by atoms with E-state index in [1.807, 2.05) is 45.0 Å². The van der Waals surface area contributed by atoms with Gasteiger partial charge >= 0.3 is 0 Å². The van der Waals surface area contributed by atoms with Gasteiger partial charge in [-0.3, -0.25) is 0 Å². The van der Waals surface area contributed by atoms with Crippen LogP contribution in [-0.2, 0) is 9.47 Å². The number of nitrogens with two attached hydrogens (primary N) is 1. The summed E-state index contributed by atoms with van der Waals surface area (Å²) in [5.41, 5.74) is 6.57. The first-order valence-corrected chi connectivity index (χ1v) is 6.51. The summed E-state index contributed by atoms with van der Waals surface area (Å²) in [6.07, 6.45) is -0.132. The summed E-state index contributed by atoms with van der Waals surface area (Å²) in [6.45, 7) is 7.56. The molecule has 0 amide bonds. The zero-order valence-electron chi connectivity index (χ0n) is 11.3. The van der Waals surface area contributed by atoms with E-state index in [-0.39, 0.29) is 11.7 Å². The Bertz CT molecular complexity index is 363. The number of ether oxygens (including phenoxy) is 2. The minimum absolute atomic E-state index is 0.132. The van der Waals surface area contributed by atoms with Crippen LogP contribution in [0.3, 0.4) is 0 Å². The molecule has 0 radical (unpaired) electrons. The molecule has 1 aromatic rings. The van der Waals surface area contributed by atoms with Gasteiger partial charge in [0, 0.05) is 11.6 Å². The molecule has 0 heterocycles. The monoisotopic (exact) mass is 271 g/mol. The summed E-state index contributed by atoms with van der Waals surface area (Å²) in [5, 5.41) is 0.695. The van der Waals surface area contributed by atoms with E-state index in [9.17, 15) is 0 Å². The van der Waals surface area contributed by atoms with E-state index in [0.29, 0.717) is 24.8 Å². The van der Waals surface area contributed by atoms with Crippen molar-refractivity contribution in [3.05, 3.63) is 34.9 Å². The lowest BCUT2D eigenvalue weighted by Crippen LogP contribution is -2.24. The summed E-state index contributed by atoms with van der Waals surface area (Å²) in [5.74, 6) is 0. The lowest BCUT2D eigenvalue weighted by molar-refractivity contribution is -0.0505. The third kappa shape index (κ3) is 5.83. The Kier molecular flexibility index (Phi) is 6.09. The fourth-order valence-electron chi connectivity index (χ4n) is 1.55. The molecule has 0 fully saturated rings. The molecule has 0 aliphatic heterocycles. The summed E-state index contributed by atoms with van der Waals surface area (Å²) in [4.78, 5) is 0. The van der Waals surface area contributed by atoms with E-state index in [1.165, 1.54) is 0 Å². The van der Waals surface area contributed by atoms with Crippen LogP contribution in [-0.4, -0.2) is 25.4 Å². The average molecular weight is 272 g/mol. The Labute approximate surface area is 114 Å². The second-order valence-electron chi connectivity index (χ2n) is 5.11. The number of hydrogen-bond acceptors (Lipinski definition) is 3. The van der Waals surface area contributed by atoms with Crippen molar-refractivity contribution in [3.8, 4) is 0 Å². The van der Waals surface area contributed by atoms with Gasteiger partial charge in [0.25, 0.3) is 0 Å². The van der Waals surface area contributed by atoms with Crippen LogP contribution in [0, 0.1) is 0 Å². The topological polar surface area (TPSA) is 44.5 Å². The Balaban J connectivity index is 2.43. The van der Waals surface area contributed by atoms with E-state index in [0.717, 1.165) is 5.56 Å². The van der Waals surface area contributed by atoms with Crippen molar-refractivity contribution in [3.63, 3.8) is 0 Å². The van der Waals surface area contributed by atoms with Crippen molar-refractivity contribution in [2.24, 2.45) is 5.73 Å². The molecular weight excluding hydrogens is 250 g/mol. The van der Waals surface area contributed by atoms with Crippen LogP contribution in [0.5, 0.6) is 0 Å². The molecule has 4 heteroatoms. The fraction of sp³-hybridized carbons (Fsp3) is 0.571. The second-order valence-corrected chi connectivity index (χ2v) is 5.55. The second kappa shape index (κ2) is 7.10. The summed E-state index contributed by atoms with van der Waals surface area (Å²) < 4.78 is 11.3. The number of hydrogen-bond donors (Lipinski definition) is 1. The van der Waals surface area contributed by atoms with Gasteiger partial charge < -0.3 is 15.2 Å². The summed E-state index contributed by atoms with van der Waals surface area (Å²) >= 11 is 5.95. The normalized spacial score (nSPS) is 13.6. The molecule has 1 aromatic carbocycles. The SMILES string of the molecule is CC(C)(C)OCCOC(CN)c1cccc(Cl)c1. The summed E-state index contributed by atoms with van der Waals surface area (Å²) in [7, 11) is 0. The van der Waals surface area contributed by atoms with Gasteiger partial charge in [0.1, 0.15) is 0 Å². The largest absolute Gasteiger partial charge is 0.373 e. The summed E-state index contributed by atoms with van der Waals surface area (Å²) in [6, 6.07) is 7.58. The zero-order chi connectivity index (χ0) is 13.6. The lowest BCUT2D eigenvalue weighted by Gasteiger charge is -2.21. The Morgan fingerprint density at radius 2 is 2.00 bits per heavy atom. The van der Waals surface area contributed by atoms with E-state index >= 15 is 0 Å². The third-order valence-corrected chi connectivity index (χ3v) is 2.61. The molecule has 0 bridgehead atoms. The molecule has 0 aliphatic rings. The average Bonchev–Trinajstić information content (AvgIpc) is 2.27. The highest BCUT2D eigenvalue weighted by atomic mass is 35.5. The molecule has 0 aromatic heterocycles. The van der Waals surface area contributed by atoms with Crippen LogP contribution in [0.4, 0.5) is 0 Å². The molecule has 3 nitrogen and oxygen atoms in total. The van der Waals surface area contributed by atoms with Gasteiger partial charge in [0.05, 0.1) is 24.9 Å². The van der Waals surface area contributed by atoms with E-state index < -0.39 is 0 Å². The van der Waals surface area contributed by atoms with Crippen LogP contribution in [0.2, 0.25) is 5.02 Å². The van der Waals surface area contributed by atoms with Gasteiger partial charge in [-0.1, -0.05) is 23.7 Å². The van der Waals surface area contributed by atoms with Crippen LogP contribution in [0.1, 0.15) is 32.4 Å². The van der Waals surface area contributed by atoms with Gasteiger partial charge in [-0.25, -0.2) is 0 Å². The Morgan fingerprint density at radius 1 is 1.28 bits per heavy atom. The highest BCUT2D eigenvalue weighted by Crippen LogP contribution is 2.20. The lowest BCUT2D eigenvalue weighted by atomic mass is 10.1. The molecular formula is C14H22ClNO2. The molecule has 0 spiro atoms. The maximum absolute atomic E-state index is 5.95. The van der Waals surface area contributed by atoms with Crippen molar-refractivity contribution >= 4 is 11.6 Å². The highest BCUT2D eigenvalue weighted by molar-refractivity contribution is 6.30. The van der Waals surface area contributed by atoms with Crippen LogP contribution in [0.15, 0.2) is 24.3 Å². The zero-order valence-corrected chi connectivity index (χ0v) is 12.0. The van der Waals surface area contributed by atoms with E-state index in [2.05, 4.69) is 0 Å². The fourth-order valence-corrected chi connectivity index (χ4v) is 1.74. The molecule has 0 aliphatic carbocycles. The first-order chi connectivity index (χ1) is 8.42. The van der Waals surface area contributed by atoms with Crippen molar-refractivity contribution in [2.75, 3.05) is 19.8 Å². The number of halogens is 1. The molecule has 18 heavy (non-hydrogen) atoms. The van der Waals surface area contributed by atoms with Crippen molar-refractivity contribution in [2.45, 2.75) is 32.5 Å². The van der Waals surface area contributed by atoms with E-state index in [1.54, 1.807) is 0 Å². The third-order valence-electron chi connectivity index (χ3n) is 2.37. The maximum atomic E-state index is 5.95. The Hall–Kier alpha value is -0.610. The first-order valence-electron chi connectivity index (χ1n) is 6.13. The predicted octanol–water partition coefficient (Wildman–Crippen LogP) is 3.17. The molecule has 0 saturated heterocycles. The van der Waals surface area contributed by atoms with Gasteiger partial charge in [-0.15, -0.1) is 0 Å². The van der Waals surface area contributed by atoms with E-state index in [4.69, 9.17) is 26.8 Å². The maximum Gasteiger partial charge on any atom is 0.0948 e. The minimum atomic E-state index is -0.141. The molecule has 102 valence electrons. The molecule has 1 unspecified atom stereocenters. The van der Waals surface area contributed by atoms with Crippen molar-refractivity contribution in [1.82, 2.24) is 0 Å². The van der Waals surface area contributed by atoms with Crippen LogP contribution < -0.4 is 5.73 Å². The first kappa shape index (κ1) is 15.4. The molecule has 1 atom stereocenters. The van der Waals surface area contributed by atoms with Crippen molar-refractivity contribution in [1.29, 1.82) is 0 Å². The van der Waals surface area contributed by atoms with Gasteiger partial charge in [-0.2, -0.15) is 0 Å². The highest BCUT2D eigenvalue weighted by Gasteiger charge is 2.12. The minimum Gasteiger partial charge on any atom is -0.373 e. The quantitative estimate of drug-likeness (QED) is 0.809. The number of benzene rings is 1. The predicted molar refractivity (Wildman–Crippen MR) is 74.9 cm³/mol. The van der Waals surface area contributed by atoms with Crippen LogP contribution in [0.25, 0.3) is 0 Å². The standard InChI is InChI=1S/C14H22ClNO2/c1-14(2,3)18-8-7-17-13(10-16)11-5-4-6-12(15)9-11/h4-6,9,13H,7-8,10,16H2,1-3H3. The molecule has 1 rings (SSSR count).